The minimum atomic E-state index is -0.961. The fraction of sp³-hybridized carbons (Fsp3) is 0.111. The van der Waals surface area contributed by atoms with Crippen LogP contribution in [0.4, 0.5) is 11.5 Å². The van der Waals surface area contributed by atoms with Crippen molar-refractivity contribution >= 4 is 28.4 Å². The van der Waals surface area contributed by atoms with Crippen molar-refractivity contribution in [1.29, 1.82) is 0 Å². The third-order valence-electron chi connectivity index (χ3n) is 3.67. The fourth-order valence-electron chi connectivity index (χ4n) is 2.54. The van der Waals surface area contributed by atoms with Crippen LogP contribution in [0.25, 0.3) is 10.9 Å². The van der Waals surface area contributed by atoms with Crippen LogP contribution in [0.15, 0.2) is 48.5 Å². The van der Waals surface area contributed by atoms with E-state index in [0.717, 1.165) is 22.0 Å². The molecular weight excluding hydrogens is 276 g/mol. The smallest absolute Gasteiger partial charge is 0.337 e. The van der Waals surface area contributed by atoms with Gasteiger partial charge in [-0.3, -0.25) is 0 Å². The Morgan fingerprint density at radius 2 is 1.82 bits per heavy atom. The summed E-state index contributed by atoms with van der Waals surface area (Å²) in [6, 6.07) is 14.8. The summed E-state index contributed by atoms with van der Waals surface area (Å²) in [7, 11) is 0. The Balaban J connectivity index is 2.09. The molecule has 0 aliphatic rings. The second kappa shape index (κ2) is 5.48. The number of carboxylic acids is 1. The predicted molar refractivity (Wildman–Crippen MR) is 87.9 cm³/mol. The number of aromatic nitrogens is 1. The number of hydrogen-bond donors (Lipinski definition) is 2. The van der Waals surface area contributed by atoms with E-state index in [1.54, 1.807) is 24.3 Å². The molecule has 2 N–H and O–H groups in total. The number of rotatable bonds is 3. The van der Waals surface area contributed by atoms with Gasteiger partial charge in [0.05, 0.1) is 16.8 Å². The first-order valence-corrected chi connectivity index (χ1v) is 7.02. The molecule has 4 nitrogen and oxygen atoms in total. The van der Waals surface area contributed by atoms with Crippen LogP contribution in [-0.4, -0.2) is 16.1 Å². The van der Waals surface area contributed by atoms with Crippen LogP contribution in [0.3, 0.4) is 0 Å². The first-order valence-electron chi connectivity index (χ1n) is 7.02. The number of anilines is 2. The number of para-hydroxylation sites is 2. The minimum Gasteiger partial charge on any atom is -0.478 e. The summed E-state index contributed by atoms with van der Waals surface area (Å²) in [4.78, 5) is 15.9. The average Bonchev–Trinajstić information content (AvgIpc) is 2.49. The van der Waals surface area contributed by atoms with E-state index in [1.165, 1.54) is 0 Å². The van der Waals surface area contributed by atoms with Crippen LogP contribution in [0.1, 0.15) is 21.5 Å². The van der Waals surface area contributed by atoms with Gasteiger partial charge in [-0.2, -0.15) is 0 Å². The third kappa shape index (κ3) is 2.51. The van der Waals surface area contributed by atoms with Crippen LogP contribution in [0, 0.1) is 13.8 Å². The normalized spacial score (nSPS) is 10.6. The molecule has 0 fully saturated rings. The Morgan fingerprint density at radius 1 is 1.05 bits per heavy atom. The van der Waals surface area contributed by atoms with Crippen LogP contribution >= 0.6 is 0 Å². The first kappa shape index (κ1) is 14.1. The molecule has 1 aromatic heterocycles. The van der Waals surface area contributed by atoms with Crippen molar-refractivity contribution in [2.75, 3.05) is 5.32 Å². The second-order valence-corrected chi connectivity index (χ2v) is 5.27. The quantitative estimate of drug-likeness (QED) is 0.755. The Hall–Kier alpha value is -2.88. The molecule has 0 saturated heterocycles. The van der Waals surface area contributed by atoms with Gasteiger partial charge in [0.15, 0.2) is 0 Å². The van der Waals surface area contributed by atoms with Crippen LogP contribution in [0.5, 0.6) is 0 Å². The van der Waals surface area contributed by atoms with Crippen molar-refractivity contribution in [3.63, 3.8) is 0 Å². The molecule has 0 radical (unpaired) electrons. The zero-order valence-corrected chi connectivity index (χ0v) is 12.4. The molecule has 3 rings (SSSR count). The number of nitrogens with one attached hydrogen (secondary N) is 1. The molecule has 3 aromatic rings. The zero-order chi connectivity index (χ0) is 15.7. The van der Waals surface area contributed by atoms with Gasteiger partial charge in [-0.25, -0.2) is 9.78 Å². The highest BCUT2D eigenvalue weighted by molar-refractivity contribution is 5.95. The van der Waals surface area contributed by atoms with Crippen LogP contribution in [-0.2, 0) is 0 Å². The van der Waals surface area contributed by atoms with Gasteiger partial charge in [0, 0.05) is 5.39 Å². The molecule has 0 aliphatic heterocycles. The van der Waals surface area contributed by atoms with Crippen molar-refractivity contribution in [3.8, 4) is 0 Å². The Labute approximate surface area is 128 Å². The van der Waals surface area contributed by atoms with Gasteiger partial charge in [-0.05, 0) is 43.2 Å². The van der Waals surface area contributed by atoms with Gasteiger partial charge in [-0.15, -0.1) is 0 Å². The summed E-state index contributed by atoms with van der Waals surface area (Å²) < 4.78 is 0. The summed E-state index contributed by atoms with van der Waals surface area (Å²) >= 11 is 0. The summed E-state index contributed by atoms with van der Waals surface area (Å²) in [6.45, 7) is 4.04. The lowest BCUT2D eigenvalue weighted by Crippen LogP contribution is -2.03. The molecule has 0 amide bonds. The maximum atomic E-state index is 11.3. The molecular formula is C18H16N2O2. The number of carbonyl (C=O) groups is 1. The van der Waals surface area contributed by atoms with E-state index in [9.17, 15) is 9.90 Å². The Kier molecular flexibility index (Phi) is 3.51. The molecule has 4 heteroatoms. The fourth-order valence-corrected chi connectivity index (χ4v) is 2.54. The third-order valence-corrected chi connectivity index (χ3v) is 3.67. The second-order valence-electron chi connectivity index (χ2n) is 5.27. The van der Waals surface area contributed by atoms with Gasteiger partial charge in [0.1, 0.15) is 5.82 Å². The van der Waals surface area contributed by atoms with E-state index in [4.69, 9.17) is 0 Å². The number of aromatic carboxylic acids is 1. The highest BCUT2D eigenvalue weighted by atomic mass is 16.4. The van der Waals surface area contributed by atoms with Gasteiger partial charge < -0.3 is 10.4 Å². The van der Waals surface area contributed by atoms with E-state index in [1.807, 2.05) is 38.1 Å². The number of carboxylic acid groups (broad SMARTS) is 1. The van der Waals surface area contributed by atoms with E-state index in [0.29, 0.717) is 11.5 Å². The van der Waals surface area contributed by atoms with Crippen molar-refractivity contribution in [2.24, 2.45) is 0 Å². The molecule has 22 heavy (non-hydrogen) atoms. The monoisotopic (exact) mass is 292 g/mol. The Bertz CT molecular complexity index is 872. The molecule has 0 atom stereocenters. The summed E-state index contributed by atoms with van der Waals surface area (Å²) in [5.41, 5.74) is 3.89. The largest absolute Gasteiger partial charge is 0.478 e. The number of nitrogens with zero attached hydrogens (tertiary/aromatic N) is 1. The zero-order valence-electron chi connectivity index (χ0n) is 12.4. The highest BCUT2D eigenvalue weighted by Crippen LogP contribution is 2.26. The van der Waals surface area contributed by atoms with Crippen molar-refractivity contribution in [2.45, 2.75) is 13.8 Å². The number of hydrogen-bond acceptors (Lipinski definition) is 3. The molecule has 0 saturated carbocycles. The van der Waals surface area contributed by atoms with Crippen molar-refractivity contribution in [3.05, 3.63) is 65.2 Å². The van der Waals surface area contributed by atoms with E-state index in [-0.39, 0.29) is 5.56 Å². The Morgan fingerprint density at radius 3 is 2.59 bits per heavy atom. The van der Waals surface area contributed by atoms with Gasteiger partial charge in [0.25, 0.3) is 0 Å². The first-order chi connectivity index (χ1) is 10.6. The average molecular weight is 292 g/mol. The van der Waals surface area contributed by atoms with Crippen LogP contribution < -0.4 is 5.32 Å². The van der Waals surface area contributed by atoms with E-state index in [2.05, 4.69) is 10.3 Å². The van der Waals surface area contributed by atoms with Gasteiger partial charge in [0.2, 0.25) is 0 Å². The molecule has 110 valence electrons. The SMILES string of the molecule is Cc1cc(Nc2ccccc2C(=O)O)nc2c(C)cccc12. The topological polar surface area (TPSA) is 62.2 Å². The number of aryl methyl sites for hydroxylation is 2. The molecule has 0 unspecified atom stereocenters. The molecule has 2 aromatic carbocycles. The standard InChI is InChI=1S/C18H16N2O2/c1-11-6-5-8-13-12(2)10-16(20-17(11)13)19-15-9-4-3-7-14(15)18(21)22/h3-10H,1-2H3,(H,19,20)(H,21,22). The van der Waals surface area contributed by atoms with E-state index < -0.39 is 5.97 Å². The molecule has 0 aliphatic carbocycles. The lowest BCUT2D eigenvalue weighted by Gasteiger charge is -2.12. The summed E-state index contributed by atoms with van der Waals surface area (Å²) in [5, 5.41) is 13.5. The number of pyridine rings is 1. The number of benzene rings is 2. The van der Waals surface area contributed by atoms with E-state index >= 15 is 0 Å². The number of fused-ring (bicyclic) bond motifs is 1. The summed E-state index contributed by atoms with van der Waals surface area (Å²) in [5.74, 6) is -0.315. The molecule has 0 bridgehead atoms. The van der Waals surface area contributed by atoms with Crippen molar-refractivity contribution in [1.82, 2.24) is 4.98 Å². The van der Waals surface area contributed by atoms with Gasteiger partial charge >= 0.3 is 5.97 Å². The van der Waals surface area contributed by atoms with Crippen molar-refractivity contribution < 1.29 is 9.90 Å². The lowest BCUT2D eigenvalue weighted by molar-refractivity contribution is 0.0698. The minimum absolute atomic E-state index is 0.229. The highest BCUT2D eigenvalue weighted by Gasteiger charge is 2.11. The lowest BCUT2D eigenvalue weighted by atomic mass is 10.1. The van der Waals surface area contributed by atoms with Crippen LogP contribution in [0.2, 0.25) is 0 Å². The maximum absolute atomic E-state index is 11.3. The predicted octanol–water partition coefficient (Wildman–Crippen LogP) is 4.29. The maximum Gasteiger partial charge on any atom is 0.337 e. The summed E-state index contributed by atoms with van der Waals surface area (Å²) in [6.07, 6.45) is 0. The molecule has 0 spiro atoms. The molecule has 1 heterocycles. The van der Waals surface area contributed by atoms with Gasteiger partial charge in [-0.1, -0.05) is 30.3 Å².